The lowest BCUT2D eigenvalue weighted by Crippen LogP contribution is -2.25. The minimum atomic E-state index is -0.317. The van der Waals surface area contributed by atoms with Crippen LogP contribution in [-0.2, 0) is 24.4 Å². The number of hydrogen-bond acceptors (Lipinski definition) is 4. The van der Waals surface area contributed by atoms with Crippen molar-refractivity contribution >= 4 is 6.09 Å². The van der Waals surface area contributed by atoms with E-state index in [1.807, 2.05) is 42.5 Å². The van der Waals surface area contributed by atoms with Gasteiger partial charge in [-0.25, -0.2) is 4.79 Å². The van der Waals surface area contributed by atoms with E-state index in [0.29, 0.717) is 24.6 Å². The maximum atomic E-state index is 12.2. The first-order chi connectivity index (χ1) is 11.2. The molecule has 1 aliphatic rings. The lowest BCUT2D eigenvalue weighted by atomic mass is 10.1. The van der Waals surface area contributed by atoms with Crippen LogP contribution < -0.4 is 9.47 Å². The van der Waals surface area contributed by atoms with Gasteiger partial charge in [-0.1, -0.05) is 30.3 Å². The standard InChI is InChI=1S/C18H19NO4/c1-21-16-8-14-10-19(11-15(14)9-17(16)22-2)18(20)23-12-13-6-4-3-5-7-13/h3-9H,10-12H2,1-2H3. The molecule has 0 saturated carbocycles. The van der Waals surface area contributed by atoms with Gasteiger partial charge < -0.3 is 14.2 Å². The predicted octanol–water partition coefficient (Wildman–Crippen LogP) is 3.36. The maximum absolute atomic E-state index is 12.2. The van der Waals surface area contributed by atoms with Gasteiger partial charge in [0.05, 0.1) is 14.2 Å². The van der Waals surface area contributed by atoms with Crippen LogP contribution in [0.5, 0.6) is 11.5 Å². The van der Waals surface area contributed by atoms with Crippen molar-refractivity contribution in [3.8, 4) is 11.5 Å². The number of carbonyl (C=O) groups excluding carboxylic acids is 1. The summed E-state index contributed by atoms with van der Waals surface area (Å²) in [5.74, 6) is 1.34. The van der Waals surface area contributed by atoms with Crippen LogP contribution in [0.1, 0.15) is 16.7 Å². The van der Waals surface area contributed by atoms with Crippen LogP contribution in [0.15, 0.2) is 42.5 Å². The number of methoxy groups -OCH3 is 2. The van der Waals surface area contributed by atoms with E-state index in [4.69, 9.17) is 14.2 Å². The molecule has 1 amide bonds. The molecule has 5 heteroatoms. The number of hydrogen-bond donors (Lipinski definition) is 0. The van der Waals surface area contributed by atoms with Crippen molar-refractivity contribution in [1.29, 1.82) is 0 Å². The third-order valence-electron chi connectivity index (χ3n) is 3.89. The van der Waals surface area contributed by atoms with Crippen LogP contribution in [0.2, 0.25) is 0 Å². The molecular weight excluding hydrogens is 294 g/mol. The lowest BCUT2D eigenvalue weighted by Gasteiger charge is -2.15. The second-order valence-electron chi connectivity index (χ2n) is 5.37. The first-order valence-corrected chi connectivity index (χ1v) is 7.40. The average Bonchev–Trinajstić information content (AvgIpc) is 3.02. The van der Waals surface area contributed by atoms with Gasteiger partial charge in [0.2, 0.25) is 0 Å². The van der Waals surface area contributed by atoms with Gasteiger partial charge in [0.25, 0.3) is 0 Å². The number of rotatable bonds is 4. The van der Waals surface area contributed by atoms with Crippen LogP contribution in [0.3, 0.4) is 0 Å². The van der Waals surface area contributed by atoms with Crippen LogP contribution in [-0.4, -0.2) is 25.2 Å². The Hall–Kier alpha value is -2.69. The maximum Gasteiger partial charge on any atom is 0.410 e. The molecule has 0 atom stereocenters. The molecule has 0 aromatic heterocycles. The lowest BCUT2D eigenvalue weighted by molar-refractivity contribution is 0.0955. The number of fused-ring (bicyclic) bond motifs is 1. The SMILES string of the molecule is COc1cc2c(cc1OC)CN(C(=O)OCc1ccccc1)C2. The monoisotopic (exact) mass is 313 g/mol. The van der Waals surface area contributed by atoms with Crippen molar-refractivity contribution in [2.75, 3.05) is 14.2 Å². The minimum Gasteiger partial charge on any atom is -0.493 e. The summed E-state index contributed by atoms with van der Waals surface area (Å²) in [6.07, 6.45) is -0.317. The molecule has 0 radical (unpaired) electrons. The third-order valence-corrected chi connectivity index (χ3v) is 3.89. The fraction of sp³-hybridized carbons (Fsp3) is 0.278. The largest absolute Gasteiger partial charge is 0.493 e. The highest BCUT2D eigenvalue weighted by Gasteiger charge is 2.26. The Morgan fingerprint density at radius 2 is 1.57 bits per heavy atom. The molecule has 120 valence electrons. The Kier molecular flexibility index (Phi) is 4.37. The summed E-state index contributed by atoms with van der Waals surface area (Å²) >= 11 is 0. The molecule has 2 aromatic carbocycles. The van der Waals surface area contributed by atoms with Crippen molar-refractivity contribution in [2.45, 2.75) is 19.7 Å². The molecule has 1 heterocycles. The second kappa shape index (κ2) is 6.60. The molecule has 3 rings (SSSR count). The molecule has 23 heavy (non-hydrogen) atoms. The van der Waals surface area contributed by atoms with Gasteiger partial charge in [-0.05, 0) is 28.8 Å². The van der Waals surface area contributed by atoms with Crippen LogP contribution >= 0.6 is 0 Å². The summed E-state index contributed by atoms with van der Waals surface area (Å²) in [6.45, 7) is 1.31. The topological polar surface area (TPSA) is 48.0 Å². The second-order valence-corrected chi connectivity index (χ2v) is 5.37. The van der Waals surface area contributed by atoms with Crippen molar-refractivity contribution in [3.05, 3.63) is 59.2 Å². The number of benzene rings is 2. The summed E-state index contributed by atoms with van der Waals surface area (Å²) in [5.41, 5.74) is 3.08. The zero-order valence-electron chi connectivity index (χ0n) is 13.2. The first kappa shape index (κ1) is 15.2. The van der Waals surface area contributed by atoms with Crippen molar-refractivity contribution in [3.63, 3.8) is 0 Å². The molecule has 0 bridgehead atoms. The zero-order valence-corrected chi connectivity index (χ0v) is 13.2. The Morgan fingerprint density at radius 1 is 1.00 bits per heavy atom. The smallest absolute Gasteiger partial charge is 0.410 e. The molecule has 0 saturated heterocycles. The van der Waals surface area contributed by atoms with Gasteiger partial charge in [-0.3, -0.25) is 4.90 Å². The number of carbonyl (C=O) groups is 1. The Labute approximate surface area is 135 Å². The fourth-order valence-electron chi connectivity index (χ4n) is 2.66. The molecule has 0 unspecified atom stereocenters. The van der Waals surface area contributed by atoms with E-state index in [2.05, 4.69) is 0 Å². The molecule has 0 fully saturated rings. The van der Waals surface area contributed by atoms with E-state index in [-0.39, 0.29) is 12.7 Å². The number of ether oxygens (including phenoxy) is 3. The number of nitrogens with zero attached hydrogens (tertiary/aromatic N) is 1. The highest BCUT2D eigenvalue weighted by atomic mass is 16.6. The van der Waals surface area contributed by atoms with Crippen LogP contribution in [0, 0.1) is 0 Å². The summed E-state index contributed by atoms with van der Waals surface area (Å²) in [6, 6.07) is 13.5. The molecular formula is C18H19NO4. The highest BCUT2D eigenvalue weighted by molar-refractivity contribution is 5.69. The summed E-state index contributed by atoms with van der Waals surface area (Å²) in [7, 11) is 3.20. The molecule has 0 spiro atoms. The van der Waals surface area contributed by atoms with Gasteiger partial charge in [0.1, 0.15) is 6.61 Å². The predicted molar refractivity (Wildman–Crippen MR) is 85.4 cm³/mol. The minimum absolute atomic E-state index is 0.277. The Balaban J connectivity index is 1.65. The summed E-state index contributed by atoms with van der Waals surface area (Å²) in [5, 5.41) is 0. The number of amides is 1. The average molecular weight is 313 g/mol. The van der Waals surface area contributed by atoms with Gasteiger partial charge >= 0.3 is 6.09 Å². The van der Waals surface area contributed by atoms with E-state index >= 15 is 0 Å². The van der Waals surface area contributed by atoms with Crippen LogP contribution in [0.25, 0.3) is 0 Å². The third kappa shape index (κ3) is 3.23. The highest BCUT2D eigenvalue weighted by Crippen LogP contribution is 2.35. The van der Waals surface area contributed by atoms with Gasteiger partial charge in [-0.2, -0.15) is 0 Å². The van der Waals surface area contributed by atoms with E-state index in [0.717, 1.165) is 16.7 Å². The molecule has 0 aliphatic carbocycles. The molecule has 1 aliphatic heterocycles. The normalized spacial score (nSPS) is 12.7. The molecule has 0 N–H and O–H groups in total. The van der Waals surface area contributed by atoms with Crippen molar-refractivity contribution in [1.82, 2.24) is 4.90 Å². The van der Waals surface area contributed by atoms with E-state index < -0.39 is 0 Å². The van der Waals surface area contributed by atoms with Gasteiger partial charge in [0, 0.05) is 13.1 Å². The van der Waals surface area contributed by atoms with Crippen molar-refractivity contribution < 1.29 is 19.0 Å². The fourth-order valence-corrected chi connectivity index (χ4v) is 2.66. The van der Waals surface area contributed by atoms with E-state index in [1.165, 1.54) is 0 Å². The quantitative estimate of drug-likeness (QED) is 0.868. The molecule has 2 aromatic rings. The van der Waals surface area contributed by atoms with E-state index in [1.54, 1.807) is 19.1 Å². The zero-order chi connectivity index (χ0) is 16.2. The van der Waals surface area contributed by atoms with Crippen molar-refractivity contribution in [2.24, 2.45) is 0 Å². The first-order valence-electron chi connectivity index (χ1n) is 7.40. The molecule has 5 nitrogen and oxygen atoms in total. The van der Waals surface area contributed by atoms with E-state index in [9.17, 15) is 4.79 Å². The summed E-state index contributed by atoms with van der Waals surface area (Å²) < 4.78 is 16.0. The van der Waals surface area contributed by atoms with Gasteiger partial charge in [0.15, 0.2) is 11.5 Å². The van der Waals surface area contributed by atoms with Crippen LogP contribution in [0.4, 0.5) is 4.79 Å². The van der Waals surface area contributed by atoms with Gasteiger partial charge in [-0.15, -0.1) is 0 Å². The Bertz CT molecular complexity index is 667. The summed E-state index contributed by atoms with van der Waals surface area (Å²) in [4.78, 5) is 13.9. The Morgan fingerprint density at radius 3 is 2.09 bits per heavy atom.